The Balaban J connectivity index is 2.09. The van der Waals surface area contributed by atoms with Crippen molar-refractivity contribution < 1.29 is 4.79 Å². The van der Waals surface area contributed by atoms with Crippen molar-refractivity contribution in [3.05, 3.63) is 34.4 Å². The minimum absolute atomic E-state index is 0.0414. The fraction of sp³-hybridized carbons (Fsp3) is 0.588. The molecule has 3 nitrogen and oxygen atoms in total. The maximum atomic E-state index is 12.5. The van der Waals surface area contributed by atoms with E-state index in [1.165, 1.54) is 18.4 Å². The van der Waals surface area contributed by atoms with Crippen LogP contribution in [0.4, 0.5) is 0 Å². The molecule has 0 aromatic heterocycles. The van der Waals surface area contributed by atoms with Gasteiger partial charge in [0.25, 0.3) is 5.91 Å². The Hall–Kier alpha value is -1.35. The van der Waals surface area contributed by atoms with Crippen molar-refractivity contribution in [1.82, 2.24) is 5.32 Å². The first-order chi connectivity index (χ1) is 9.47. The average molecular weight is 274 g/mol. The standard InChI is InChI=1S/C17H26N2O/c1-12-8-13(2)15(14(3)9-12)16(20)19-11-17(10-18)6-4-5-7-17/h8-9H,4-7,10-11,18H2,1-3H3,(H,19,20). The van der Waals surface area contributed by atoms with Crippen LogP contribution in [-0.4, -0.2) is 19.0 Å². The Morgan fingerprint density at radius 1 is 1.20 bits per heavy atom. The Morgan fingerprint density at radius 2 is 1.75 bits per heavy atom. The molecule has 0 unspecified atom stereocenters. The molecule has 1 amide bonds. The van der Waals surface area contributed by atoms with Gasteiger partial charge in [0.2, 0.25) is 0 Å². The van der Waals surface area contributed by atoms with Crippen molar-refractivity contribution >= 4 is 5.91 Å². The van der Waals surface area contributed by atoms with Crippen LogP contribution in [0.1, 0.15) is 52.7 Å². The number of aryl methyl sites for hydroxylation is 3. The molecule has 0 spiro atoms. The molecule has 2 rings (SSSR count). The van der Waals surface area contributed by atoms with Crippen LogP contribution < -0.4 is 11.1 Å². The second kappa shape index (κ2) is 5.96. The summed E-state index contributed by atoms with van der Waals surface area (Å²) in [4.78, 5) is 12.5. The largest absolute Gasteiger partial charge is 0.351 e. The predicted octanol–water partition coefficient (Wildman–Crippen LogP) is 2.86. The molecule has 1 aromatic rings. The zero-order chi connectivity index (χ0) is 14.8. The predicted molar refractivity (Wildman–Crippen MR) is 82.9 cm³/mol. The molecule has 0 bridgehead atoms. The van der Waals surface area contributed by atoms with E-state index in [1.54, 1.807) is 0 Å². The van der Waals surface area contributed by atoms with Crippen molar-refractivity contribution in [2.24, 2.45) is 11.1 Å². The summed E-state index contributed by atoms with van der Waals surface area (Å²) in [6.07, 6.45) is 4.73. The summed E-state index contributed by atoms with van der Waals surface area (Å²) in [7, 11) is 0. The first-order valence-corrected chi connectivity index (χ1v) is 7.53. The fourth-order valence-electron chi connectivity index (χ4n) is 3.47. The molecule has 1 fully saturated rings. The second-order valence-electron chi connectivity index (χ2n) is 6.37. The zero-order valence-electron chi connectivity index (χ0n) is 12.9. The van der Waals surface area contributed by atoms with Crippen LogP contribution in [0, 0.1) is 26.2 Å². The van der Waals surface area contributed by atoms with Gasteiger partial charge in [-0.3, -0.25) is 4.79 Å². The van der Waals surface area contributed by atoms with Crippen molar-refractivity contribution in [1.29, 1.82) is 0 Å². The van der Waals surface area contributed by atoms with Gasteiger partial charge in [0.15, 0.2) is 0 Å². The summed E-state index contributed by atoms with van der Waals surface area (Å²) in [6, 6.07) is 4.13. The SMILES string of the molecule is Cc1cc(C)c(C(=O)NCC2(CN)CCCC2)c(C)c1. The second-order valence-corrected chi connectivity index (χ2v) is 6.37. The molecule has 3 heteroatoms. The third kappa shape index (κ3) is 3.04. The maximum Gasteiger partial charge on any atom is 0.251 e. The van der Waals surface area contributed by atoms with E-state index in [-0.39, 0.29) is 11.3 Å². The molecule has 0 aliphatic heterocycles. The Morgan fingerprint density at radius 3 is 2.25 bits per heavy atom. The highest BCUT2D eigenvalue weighted by atomic mass is 16.1. The number of hydrogen-bond acceptors (Lipinski definition) is 2. The maximum absolute atomic E-state index is 12.5. The third-order valence-electron chi connectivity index (χ3n) is 4.63. The Labute approximate surface area is 121 Å². The number of rotatable bonds is 4. The van der Waals surface area contributed by atoms with Gasteiger partial charge in [-0.15, -0.1) is 0 Å². The van der Waals surface area contributed by atoms with Gasteiger partial charge in [-0.2, -0.15) is 0 Å². The van der Waals surface area contributed by atoms with Crippen molar-refractivity contribution in [2.45, 2.75) is 46.5 Å². The number of amides is 1. The van der Waals surface area contributed by atoms with Crippen LogP contribution in [0.25, 0.3) is 0 Å². The summed E-state index contributed by atoms with van der Waals surface area (Å²) in [5, 5.41) is 3.11. The molecule has 1 aromatic carbocycles. The summed E-state index contributed by atoms with van der Waals surface area (Å²) < 4.78 is 0. The van der Waals surface area contributed by atoms with E-state index in [9.17, 15) is 4.79 Å². The van der Waals surface area contributed by atoms with Gasteiger partial charge in [0, 0.05) is 12.1 Å². The zero-order valence-corrected chi connectivity index (χ0v) is 12.9. The molecular formula is C17H26N2O. The van der Waals surface area contributed by atoms with Gasteiger partial charge in [0.1, 0.15) is 0 Å². The number of nitrogens with one attached hydrogen (secondary N) is 1. The third-order valence-corrected chi connectivity index (χ3v) is 4.63. The molecule has 1 aliphatic carbocycles. The molecule has 0 radical (unpaired) electrons. The van der Waals surface area contributed by atoms with Crippen LogP contribution in [0.15, 0.2) is 12.1 Å². The van der Waals surface area contributed by atoms with Crippen molar-refractivity contribution in [3.63, 3.8) is 0 Å². The van der Waals surface area contributed by atoms with Gasteiger partial charge in [0.05, 0.1) is 0 Å². The molecule has 0 saturated heterocycles. The molecule has 110 valence electrons. The van der Waals surface area contributed by atoms with Crippen LogP contribution >= 0.6 is 0 Å². The Kier molecular flexibility index (Phi) is 4.48. The highest BCUT2D eigenvalue weighted by Gasteiger charge is 2.32. The monoisotopic (exact) mass is 274 g/mol. The molecule has 0 atom stereocenters. The lowest BCUT2D eigenvalue weighted by atomic mass is 9.86. The number of carbonyl (C=O) groups is 1. The highest BCUT2D eigenvalue weighted by Crippen LogP contribution is 2.36. The normalized spacial score (nSPS) is 17.2. The van der Waals surface area contributed by atoms with Gasteiger partial charge in [-0.05, 0) is 56.7 Å². The lowest BCUT2D eigenvalue weighted by Crippen LogP contribution is -2.41. The minimum Gasteiger partial charge on any atom is -0.351 e. The first-order valence-electron chi connectivity index (χ1n) is 7.53. The Bertz CT molecular complexity index is 479. The topological polar surface area (TPSA) is 55.1 Å². The van der Waals surface area contributed by atoms with Gasteiger partial charge in [-0.25, -0.2) is 0 Å². The fourth-order valence-corrected chi connectivity index (χ4v) is 3.47. The van der Waals surface area contributed by atoms with Gasteiger partial charge in [-0.1, -0.05) is 30.5 Å². The molecular weight excluding hydrogens is 248 g/mol. The van der Waals surface area contributed by atoms with E-state index in [0.29, 0.717) is 13.1 Å². The van der Waals surface area contributed by atoms with Gasteiger partial charge >= 0.3 is 0 Å². The van der Waals surface area contributed by atoms with Crippen LogP contribution in [-0.2, 0) is 0 Å². The van der Waals surface area contributed by atoms with E-state index in [4.69, 9.17) is 5.73 Å². The molecule has 1 aliphatic rings. The summed E-state index contributed by atoms with van der Waals surface area (Å²) in [5.74, 6) is 0.0414. The van der Waals surface area contributed by atoms with E-state index < -0.39 is 0 Å². The number of hydrogen-bond donors (Lipinski definition) is 2. The summed E-state index contributed by atoms with van der Waals surface area (Å²) in [6.45, 7) is 7.43. The van der Waals surface area contributed by atoms with Crippen molar-refractivity contribution in [3.8, 4) is 0 Å². The summed E-state index contributed by atoms with van der Waals surface area (Å²) in [5.41, 5.74) is 10.2. The van der Waals surface area contributed by atoms with E-state index >= 15 is 0 Å². The van der Waals surface area contributed by atoms with E-state index in [1.807, 2.05) is 13.8 Å². The molecule has 0 heterocycles. The molecule has 3 N–H and O–H groups in total. The average Bonchev–Trinajstić information content (AvgIpc) is 2.84. The van der Waals surface area contributed by atoms with Crippen molar-refractivity contribution in [2.75, 3.05) is 13.1 Å². The lowest BCUT2D eigenvalue weighted by Gasteiger charge is -2.27. The highest BCUT2D eigenvalue weighted by molar-refractivity contribution is 5.97. The molecule has 1 saturated carbocycles. The van der Waals surface area contributed by atoms with Gasteiger partial charge < -0.3 is 11.1 Å². The number of carbonyl (C=O) groups excluding carboxylic acids is 1. The van der Waals surface area contributed by atoms with Crippen LogP contribution in [0.2, 0.25) is 0 Å². The molecule has 20 heavy (non-hydrogen) atoms. The minimum atomic E-state index is 0.0414. The van der Waals surface area contributed by atoms with Crippen LogP contribution in [0.5, 0.6) is 0 Å². The lowest BCUT2D eigenvalue weighted by molar-refractivity contribution is 0.0931. The number of benzene rings is 1. The summed E-state index contributed by atoms with van der Waals surface area (Å²) >= 11 is 0. The number of nitrogens with two attached hydrogens (primary N) is 1. The smallest absolute Gasteiger partial charge is 0.251 e. The van der Waals surface area contributed by atoms with E-state index in [2.05, 4.69) is 24.4 Å². The van der Waals surface area contributed by atoms with E-state index in [0.717, 1.165) is 29.5 Å². The van der Waals surface area contributed by atoms with Crippen LogP contribution in [0.3, 0.4) is 0 Å². The first kappa shape index (κ1) is 15.0. The quantitative estimate of drug-likeness (QED) is 0.887.